The first kappa shape index (κ1) is 22.2. The zero-order chi connectivity index (χ0) is 23.8. The molecule has 3 aromatic heterocycles. The zero-order valence-electron chi connectivity index (χ0n) is 17.0. The average molecular weight is 461 g/mol. The molecule has 10 nitrogen and oxygen atoms in total. The lowest BCUT2D eigenvalue weighted by atomic mass is 9.94. The molecule has 13 heteroatoms. The van der Waals surface area contributed by atoms with Crippen LogP contribution in [0.4, 0.5) is 24.7 Å². The van der Waals surface area contributed by atoms with E-state index in [-0.39, 0.29) is 23.0 Å². The van der Waals surface area contributed by atoms with Crippen molar-refractivity contribution in [3.05, 3.63) is 58.7 Å². The van der Waals surface area contributed by atoms with Crippen molar-refractivity contribution in [1.82, 2.24) is 25.1 Å². The number of nitro groups is 1. The fourth-order valence-electron chi connectivity index (χ4n) is 3.56. The van der Waals surface area contributed by atoms with Gasteiger partial charge < -0.3 is 11.1 Å². The molecule has 1 amide bonds. The Hall–Kier alpha value is -4.03. The second-order valence-electron chi connectivity index (χ2n) is 7.62. The van der Waals surface area contributed by atoms with E-state index >= 15 is 0 Å². The Balaban J connectivity index is 1.56. The number of nitrogen functional groups attached to an aromatic ring is 1. The van der Waals surface area contributed by atoms with Gasteiger partial charge in [-0.15, -0.1) is 0 Å². The standard InChI is InChI=1S/C20H18F3N7O3/c21-20(22,23)10-27-19(31)16(11-1-2-11)12-3-4-15(26-7-12)29-9-13(8-28-29)14-5-6-25-18(24)17(14)30(32)33/h3-9,11,16H,1-2,10H2,(H2,24,25)(H,27,31). The van der Waals surface area contributed by atoms with Crippen LogP contribution in [0.15, 0.2) is 43.0 Å². The second-order valence-corrected chi connectivity index (χ2v) is 7.62. The van der Waals surface area contributed by atoms with Crippen LogP contribution in [0.25, 0.3) is 16.9 Å². The van der Waals surface area contributed by atoms with E-state index in [0.717, 1.165) is 12.8 Å². The highest BCUT2D eigenvalue weighted by atomic mass is 19.4. The monoisotopic (exact) mass is 461 g/mol. The number of pyridine rings is 2. The number of amides is 1. The fourth-order valence-corrected chi connectivity index (χ4v) is 3.56. The van der Waals surface area contributed by atoms with E-state index in [1.165, 1.54) is 35.5 Å². The lowest BCUT2D eigenvalue weighted by molar-refractivity contribution is -0.383. The smallest absolute Gasteiger partial charge is 0.378 e. The molecule has 1 aliphatic carbocycles. The molecule has 1 fully saturated rings. The summed E-state index contributed by atoms with van der Waals surface area (Å²) in [7, 11) is 0. The number of rotatable bonds is 7. The normalized spacial score (nSPS) is 14.6. The van der Waals surface area contributed by atoms with E-state index in [2.05, 4.69) is 15.1 Å². The van der Waals surface area contributed by atoms with E-state index in [1.54, 1.807) is 12.1 Å². The number of anilines is 1. The van der Waals surface area contributed by atoms with E-state index in [4.69, 9.17) is 5.73 Å². The molecule has 33 heavy (non-hydrogen) atoms. The maximum absolute atomic E-state index is 12.5. The topological polar surface area (TPSA) is 142 Å². The summed E-state index contributed by atoms with van der Waals surface area (Å²) in [5.74, 6) is -1.29. The summed E-state index contributed by atoms with van der Waals surface area (Å²) in [6.07, 6.45) is 2.74. The third kappa shape index (κ3) is 4.91. The molecular formula is C20H18F3N7O3. The van der Waals surface area contributed by atoms with Crippen LogP contribution in [0.5, 0.6) is 0 Å². The Kier molecular flexibility index (Phi) is 5.70. The Morgan fingerprint density at radius 1 is 1.27 bits per heavy atom. The van der Waals surface area contributed by atoms with Crippen molar-refractivity contribution in [3.8, 4) is 16.9 Å². The number of halogens is 3. The third-order valence-corrected chi connectivity index (χ3v) is 5.23. The molecule has 1 atom stereocenters. The van der Waals surface area contributed by atoms with Crippen LogP contribution >= 0.6 is 0 Å². The first-order chi connectivity index (χ1) is 15.6. The minimum Gasteiger partial charge on any atom is -0.378 e. The first-order valence-corrected chi connectivity index (χ1v) is 9.89. The molecule has 3 aromatic rings. The van der Waals surface area contributed by atoms with Crippen molar-refractivity contribution in [1.29, 1.82) is 0 Å². The molecule has 0 radical (unpaired) electrons. The van der Waals surface area contributed by atoms with Gasteiger partial charge in [-0.2, -0.15) is 18.3 Å². The van der Waals surface area contributed by atoms with E-state index in [1.807, 2.05) is 5.32 Å². The van der Waals surface area contributed by atoms with Gasteiger partial charge in [-0.3, -0.25) is 14.9 Å². The molecule has 4 rings (SSSR count). The highest BCUT2D eigenvalue weighted by molar-refractivity contribution is 5.84. The van der Waals surface area contributed by atoms with Crippen LogP contribution in [0.2, 0.25) is 0 Å². The number of hydrogen-bond acceptors (Lipinski definition) is 7. The summed E-state index contributed by atoms with van der Waals surface area (Å²) in [6.45, 7) is -1.39. The number of carbonyl (C=O) groups excluding carboxylic acids is 1. The van der Waals surface area contributed by atoms with Crippen LogP contribution in [0, 0.1) is 16.0 Å². The molecule has 1 saturated carbocycles. The number of nitrogens with two attached hydrogens (primary N) is 1. The van der Waals surface area contributed by atoms with Crippen molar-refractivity contribution in [2.75, 3.05) is 12.3 Å². The quantitative estimate of drug-likeness (QED) is 0.407. The fraction of sp³-hybridized carbons (Fsp3) is 0.300. The van der Waals surface area contributed by atoms with Crippen molar-refractivity contribution in [2.45, 2.75) is 24.9 Å². The molecule has 0 bridgehead atoms. The van der Waals surface area contributed by atoms with Gasteiger partial charge in [0.15, 0.2) is 5.82 Å². The Morgan fingerprint density at radius 2 is 2.03 bits per heavy atom. The highest BCUT2D eigenvalue weighted by Crippen LogP contribution is 2.43. The van der Waals surface area contributed by atoms with E-state index in [0.29, 0.717) is 16.9 Å². The van der Waals surface area contributed by atoms with Crippen LogP contribution in [0.1, 0.15) is 24.3 Å². The van der Waals surface area contributed by atoms with Gasteiger partial charge in [0, 0.05) is 24.2 Å². The Labute approximate surface area is 184 Å². The minimum absolute atomic E-state index is 0.0279. The van der Waals surface area contributed by atoms with Crippen molar-refractivity contribution in [2.24, 2.45) is 5.92 Å². The van der Waals surface area contributed by atoms with Crippen LogP contribution in [0.3, 0.4) is 0 Å². The number of alkyl halides is 3. The maximum atomic E-state index is 12.5. The van der Waals surface area contributed by atoms with Crippen molar-refractivity contribution < 1.29 is 22.9 Å². The first-order valence-electron chi connectivity index (χ1n) is 9.89. The highest BCUT2D eigenvalue weighted by Gasteiger charge is 2.39. The summed E-state index contributed by atoms with van der Waals surface area (Å²) < 4.78 is 38.8. The van der Waals surface area contributed by atoms with Crippen LogP contribution < -0.4 is 11.1 Å². The maximum Gasteiger partial charge on any atom is 0.405 e. The predicted molar refractivity (Wildman–Crippen MR) is 110 cm³/mol. The lowest BCUT2D eigenvalue weighted by Crippen LogP contribution is -2.37. The van der Waals surface area contributed by atoms with Crippen molar-refractivity contribution in [3.63, 3.8) is 0 Å². The molecule has 3 N–H and O–H groups in total. The summed E-state index contributed by atoms with van der Waals surface area (Å²) >= 11 is 0. The molecule has 0 saturated heterocycles. The molecule has 0 aliphatic heterocycles. The molecule has 1 unspecified atom stereocenters. The average Bonchev–Trinajstić information content (AvgIpc) is 3.46. The molecule has 172 valence electrons. The van der Waals surface area contributed by atoms with Gasteiger partial charge in [0.25, 0.3) is 0 Å². The summed E-state index contributed by atoms with van der Waals surface area (Å²) in [6, 6.07) is 4.65. The summed E-state index contributed by atoms with van der Waals surface area (Å²) in [5, 5.41) is 17.5. The van der Waals surface area contributed by atoms with Gasteiger partial charge in [-0.1, -0.05) is 6.07 Å². The number of hydrogen-bond donors (Lipinski definition) is 2. The number of nitrogens with one attached hydrogen (secondary N) is 1. The van der Waals surface area contributed by atoms with E-state index < -0.39 is 29.5 Å². The number of nitrogens with zero attached hydrogens (tertiary/aromatic N) is 5. The zero-order valence-corrected chi connectivity index (χ0v) is 17.0. The number of aromatic nitrogens is 4. The lowest BCUT2D eigenvalue weighted by Gasteiger charge is -2.17. The van der Waals surface area contributed by atoms with Crippen molar-refractivity contribution >= 4 is 17.4 Å². The molecule has 1 aliphatic rings. The predicted octanol–water partition coefficient (Wildman–Crippen LogP) is 2.99. The minimum atomic E-state index is -4.49. The van der Waals surface area contributed by atoms with Crippen LogP contribution in [-0.2, 0) is 4.79 Å². The molecular weight excluding hydrogens is 443 g/mol. The van der Waals surface area contributed by atoms with Gasteiger partial charge in [0.1, 0.15) is 6.54 Å². The SMILES string of the molecule is Nc1nccc(-c2cnn(-c3ccc(C(C(=O)NCC(F)(F)F)C4CC4)cn3)c2)c1[N+](=O)[O-]. The largest absolute Gasteiger partial charge is 0.405 e. The molecule has 0 spiro atoms. The van der Waals surface area contributed by atoms with E-state index in [9.17, 15) is 28.1 Å². The third-order valence-electron chi connectivity index (χ3n) is 5.23. The Bertz CT molecular complexity index is 1190. The molecule has 0 aromatic carbocycles. The second kappa shape index (κ2) is 8.48. The Morgan fingerprint density at radius 3 is 2.64 bits per heavy atom. The van der Waals surface area contributed by atoms with Gasteiger partial charge in [0.2, 0.25) is 11.7 Å². The van der Waals surface area contributed by atoms with Gasteiger partial charge in [-0.25, -0.2) is 14.6 Å². The van der Waals surface area contributed by atoms with Gasteiger partial charge in [0.05, 0.1) is 22.6 Å². The summed E-state index contributed by atoms with van der Waals surface area (Å²) in [5.41, 5.74) is 6.47. The van der Waals surface area contributed by atoms with Gasteiger partial charge in [-0.05, 0) is 36.5 Å². The molecule has 3 heterocycles. The van der Waals surface area contributed by atoms with Gasteiger partial charge >= 0.3 is 11.9 Å². The number of carbonyl (C=O) groups is 1. The van der Waals surface area contributed by atoms with Crippen LogP contribution in [-0.4, -0.2) is 43.3 Å². The summed E-state index contributed by atoms with van der Waals surface area (Å²) in [4.78, 5) is 31.1.